The van der Waals surface area contributed by atoms with E-state index in [1.54, 1.807) is 0 Å². The molecule has 2 aromatic rings. The molecule has 2 unspecified atom stereocenters. The van der Waals surface area contributed by atoms with Gasteiger partial charge < -0.3 is 15.2 Å². The fourth-order valence-electron chi connectivity index (χ4n) is 4.18. The monoisotopic (exact) mass is 311 g/mol. The van der Waals surface area contributed by atoms with Gasteiger partial charge in [0.2, 0.25) is 0 Å². The van der Waals surface area contributed by atoms with Crippen LogP contribution in [0.15, 0.2) is 30.5 Å². The minimum absolute atomic E-state index is 0.0616. The molecule has 1 aliphatic heterocycles. The summed E-state index contributed by atoms with van der Waals surface area (Å²) in [7, 11) is 2.02. The summed E-state index contributed by atoms with van der Waals surface area (Å²) in [5.41, 5.74) is 2.03. The molecular formula is C19H25N3O. The maximum Gasteiger partial charge on any atom is 0.251 e. The van der Waals surface area contributed by atoms with Crippen LogP contribution in [0.25, 0.3) is 10.9 Å². The van der Waals surface area contributed by atoms with E-state index >= 15 is 0 Å². The molecule has 1 saturated carbocycles. The first-order valence-electron chi connectivity index (χ1n) is 8.74. The lowest BCUT2D eigenvalue weighted by molar-refractivity contribution is 0.0875. The smallest absolute Gasteiger partial charge is 0.251 e. The normalized spacial score (nSPS) is 25.7. The topological polar surface area (TPSA) is 46.1 Å². The third-order valence-electron chi connectivity index (χ3n) is 5.81. The Morgan fingerprint density at radius 3 is 2.96 bits per heavy atom. The number of piperidine rings is 1. The summed E-state index contributed by atoms with van der Waals surface area (Å²) in [6, 6.07) is 8.32. The molecule has 4 nitrogen and oxygen atoms in total. The summed E-state index contributed by atoms with van der Waals surface area (Å²) in [6.45, 7) is 3.32. The first-order chi connectivity index (χ1) is 11.1. The van der Waals surface area contributed by atoms with E-state index < -0.39 is 0 Å². The molecule has 2 aliphatic rings. The van der Waals surface area contributed by atoms with Crippen molar-refractivity contribution in [2.45, 2.75) is 44.2 Å². The van der Waals surface area contributed by atoms with Crippen molar-refractivity contribution in [1.82, 2.24) is 15.2 Å². The maximum absolute atomic E-state index is 12.8. The third-order valence-corrected chi connectivity index (χ3v) is 5.81. The second-order valence-corrected chi connectivity index (χ2v) is 7.19. The number of amides is 1. The first-order valence-corrected chi connectivity index (χ1v) is 8.74. The highest BCUT2D eigenvalue weighted by Crippen LogP contribution is 2.45. The number of aryl methyl sites for hydroxylation is 1. The number of nitrogens with zero attached hydrogens (tertiary/aromatic N) is 1. The highest BCUT2D eigenvalue weighted by Gasteiger charge is 2.53. The number of benzene rings is 1. The van der Waals surface area contributed by atoms with Crippen molar-refractivity contribution in [2.75, 3.05) is 6.54 Å². The molecule has 2 atom stereocenters. The van der Waals surface area contributed by atoms with Gasteiger partial charge in [0, 0.05) is 29.9 Å². The van der Waals surface area contributed by atoms with Crippen molar-refractivity contribution in [2.24, 2.45) is 13.0 Å². The molecule has 2 fully saturated rings. The van der Waals surface area contributed by atoms with Crippen molar-refractivity contribution >= 4 is 16.8 Å². The molecule has 122 valence electrons. The van der Waals surface area contributed by atoms with E-state index in [0.717, 1.165) is 30.5 Å². The van der Waals surface area contributed by atoms with Crippen LogP contribution in [-0.4, -0.2) is 28.6 Å². The van der Waals surface area contributed by atoms with Gasteiger partial charge in [-0.1, -0.05) is 19.4 Å². The Balaban J connectivity index is 1.59. The molecule has 1 amide bonds. The van der Waals surface area contributed by atoms with Gasteiger partial charge in [0.25, 0.3) is 5.91 Å². The molecule has 2 N–H and O–H groups in total. The van der Waals surface area contributed by atoms with Gasteiger partial charge in [-0.3, -0.25) is 4.79 Å². The number of carbonyl (C=O) groups is 1. The lowest BCUT2D eigenvalue weighted by Gasteiger charge is -2.40. The summed E-state index contributed by atoms with van der Waals surface area (Å²) in [5, 5.41) is 8.19. The zero-order valence-electron chi connectivity index (χ0n) is 13.9. The molecular weight excluding hydrogens is 286 g/mol. The van der Waals surface area contributed by atoms with E-state index in [4.69, 9.17) is 0 Å². The van der Waals surface area contributed by atoms with Gasteiger partial charge in [0.1, 0.15) is 0 Å². The Labute approximate surface area is 137 Å². The lowest BCUT2D eigenvalue weighted by Crippen LogP contribution is -2.59. The molecule has 4 heteroatoms. The number of carbonyl (C=O) groups excluding carboxylic acids is 1. The predicted octanol–water partition coefficient (Wildman–Crippen LogP) is 2.83. The average molecular weight is 311 g/mol. The van der Waals surface area contributed by atoms with E-state index in [1.807, 2.05) is 31.4 Å². The SMILES string of the molecule is CCC1CCNC2(CC2)C1NC(=O)c1ccc2ccn(C)c2c1. The van der Waals surface area contributed by atoms with Crippen LogP contribution in [0.3, 0.4) is 0 Å². The van der Waals surface area contributed by atoms with Gasteiger partial charge >= 0.3 is 0 Å². The van der Waals surface area contributed by atoms with Crippen LogP contribution in [-0.2, 0) is 7.05 Å². The van der Waals surface area contributed by atoms with Gasteiger partial charge in [-0.05, 0) is 55.3 Å². The van der Waals surface area contributed by atoms with Crippen LogP contribution in [0.1, 0.15) is 43.0 Å². The maximum atomic E-state index is 12.8. The quantitative estimate of drug-likeness (QED) is 0.915. The summed E-state index contributed by atoms with van der Waals surface area (Å²) >= 11 is 0. The number of fused-ring (bicyclic) bond motifs is 1. The van der Waals surface area contributed by atoms with Crippen LogP contribution in [0, 0.1) is 5.92 Å². The van der Waals surface area contributed by atoms with Crippen molar-refractivity contribution < 1.29 is 4.79 Å². The second-order valence-electron chi connectivity index (χ2n) is 7.19. The average Bonchev–Trinajstić information content (AvgIpc) is 3.25. The van der Waals surface area contributed by atoms with E-state index in [0.29, 0.717) is 5.92 Å². The zero-order chi connectivity index (χ0) is 16.0. The van der Waals surface area contributed by atoms with Gasteiger partial charge in [-0.25, -0.2) is 0 Å². The molecule has 0 bridgehead atoms. The van der Waals surface area contributed by atoms with Crippen molar-refractivity contribution in [3.63, 3.8) is 0 Å². The number of rotatable bonds is 3. The van der Waals surface area contributed by atoms with Gasteiger partial charge in [0.05, 0.1) is 6.04 Å². The minimum atomic E-state index is 0.0616. The molecule has 23 heavy (non-hydrogen) atoms. The molecule has 2 heterocycles. The molecule has 0 radical (unpaired) electrons. The van der Waals surface area contributed by atoms with E-state index in [-0.39, 0.29) is 17.5 Å². The Bertz CT molecular complexity index is 744. The summed E-state index contributed by atoms with van der Waals surface area (Å²) in [5.74, 6) is 0.646. The van der Waals surface area contributed by atoms with Crippen LogP contribution in [0.2, 0.25) is 0 Å². The van der Waals surface area contributed by atoms with Crippen molar-refractivity contribution in [3.8, 4) is 0 Å². The van der Waals surface area contributed by atoms with E-state index in [2.05, 4.69) is 28.2 Å². The standard InChI is InChI=1S/C19H25N3O/c1-3-13-6-10-20-19(8-9-19)17(13)21-18(23)15-5-4-14-7-11-22(2)16(14)12-15/h4-5,7,11-13,17,20H,3,6,8-10H2,1-2H3,(H,21,23). The second kappa shape index (κ2) is 5.38. The van der Waals surface area contributed by atoms with Gasteiger partial charge in [-0.15, -0.1) is 0 Å². The van der Waals surface area contributed by atoms with Crippen LogP contribution in [0.5, 0.6) is 0 Å². The zero-order valence-corrected chi connectivity index (χ0v) is 13.9. The molecule has 1 aromatic carbocycles. The van der Waals surface area contributed by atoms with Crippen LogP contribution in [0.4, 0.5) is 0 Å². The molecule has 1 aliphatic carbocycles. The van der Waals surface area contributed by atoms with E-state index in [9.17, 15) is 4.79 Å². The van der Waals surface area contributed by atoms with E-state index in [1.165, 1.54) is 18.2 Å². The summed E-state index contributed by atoms with van der Waals surface area (Å²) < 4.78 is 2.06. The van der Waals surface area contributed by atoms with Gasteiger partial charge in [0.15, 0.2) is 0 Å². The highest BCUT2D eigenvalue weighted by molar-refractivity contribution is 5.98. The molecule has 1 spiro atoms. The van der Waals surface area contributed by atoms with Crippen LogP contribution >= 0.6 is 0 Å². The Kier molecular flexibility index (Phi) is 3.45. The minimum Gasteiger partial charge on any atom is -0.351 e. The first kappa shape index (κ1) is 14.8. The largest absolute Gasteiger partial charge is 0.351 e. The number of hydrogen-bond donors (Lipinski definition) is 2. The fraction of sp³-hybridized carbons (Fsp3) is 0.526. The molecule has 1 saturated heterocycles. The lowest BCUT2D eigenvalue weighted by atomic mass is 9.83. The summed E-state index contributed by atoms with van der Waals surface area (Å²) in [6.07, 6.45) is 6.69. The van der Waals surface area contributed by atoms with Crippen molar-refractivity contribution in [3.05, 3.63) is 36.0 Å². The molecule has 4 rings (SSSR count). The number of hydrogen-bond acceptors (Lipinski definition) is 2. The van der Waals surface area contributed by atoms with Gasteiger partial charge in [-0.2, -0.15) is 0 Å². The Morgan fingerprint density at radius 1 is 1.39 bits per heavy atom. The summed E-state index contributed by atoms with van der Waals surface area (Å²) in [4.78, 5) is 12.8. The fourth-order valence-corrected chi connectivity index (χ4v) is 4.18. The van der Waals surface area contributed by atoms with Crippen LogP contribution < -0.4 is 10.6 Å². The molecule has 1 aromatic heterocycles. The van der Waals surface area contributed by atoms with Crippen molar-refractivity contribution in [1.29, 1.82) is 0 Å². The number of nitrogens with one attached hydrogen (secondary N) is 2. The number of aromatic nitrogens is 1. The third kappa shape index (κ3) is 2.45. The highest BCUT2D eigenvalue weighted by atomic mass is 16.1. The Morgan fingerprint density at radius 2 is 2.22 bits per heavy atom. The predicted molar refractivity (Wildman–Crippen MR) is 92.5 cm³/mol. The Hall–Kier alpha value is -1.81.